The van der Waals surface area contributed by atoms with Crippen molar-refractivity contribution in [3.63, 3.8) is 0 Å². The summed E-state index contributed by atoms with van der Waals surface area (Å²) in [4.78, 5) is 10.3. The lowest BCUT2D eigenvalue weighted by Crippen LogP contribution is -2.06. The van der Waals surface area contributed by atoms with E-state index in [9.17, 15) is 23.3 Å². The number of nitro benzene ring substituents is 1. The van der Waals surface area contributed by atoms with Crippen LogP contribution in [0.3, 0.4) is 0 Å². The maximum absolute atomic E-state index is 12.8. The fourth-order valence-electron chi connectivity index (χ4n) is 2.78. The number of halogens is 3. The Morgan fingerprint density at radius 2 is 1.67 bits per heavy atom. The van der Waals surface area contributed by atoms with Crippen molar-refractivity contribution in [1.29, 1.82) is 0 Å². The van der Waals surface area contributed by atoms with Crippen LogP contribution in [0, 0.1) is 24.0 Å². The van der Waals surface area contributed by atoms with Crippen molar-refractivity contribution in [1.82, 2.24) is 0 Å². The van der Waals surface area contributed by atoms with Gasteiger partial charge in [-0.1, -0.05) is 18.2 Å². The summed E-state index contributed by atoms with van der Waals surface area (Å²) in [6, 6.07) is 15.0. The van der Waals surface area contributed by atoms with Gasteiger partial charge in [0.1, 0.15) is 5.75 Å². The molecule has 0 radical (unpaired) electrons. The Kier molecular flexibility index (Phi) is 5.96. The van der Waals surface area contributed by atoms with Crippen LogP contribution in [0.25, 0.3) is 0 Å². The lowest BCUT2D eigenvalue weighted by atomic mass is 10.1. The minimum atomic E-state index is -4.67. The van der Waals surface area contributed by atoms with Crippen molar-refractivity contribution in [2.75, 3.05) is 5.32 Å². The van der Waals surface area contributed by atoms with Gasteiger partial charge in [-0.2, -0.15) is 13.2 Å². The number of benzene rings is 3. The van der Waals surface area contributed by atoms with Crippen LogP contribution in [-0.4, -0.2) is 4.92 Å². The first-order valence-electron chi connectivity index (χ1n) is 9.07. The van der Waals surface area contributed by atoms with Gasteiger partial charge < -0.3 is 10.1 Å². The van der Waals surface area contributed by atoms with Gasteiger partial charge in [0, 0.05) is 18.3 Å². The molecule has 0 spiro atoms. The third-order valence-corrected chi connectivity index (χ3v) is 4.64. The van der Waals surface area contributed by atoms with E-state index in [1.807, 2.05) is 26.0 Å². The van der Waals surface area contributed by atoms with E-state index in [2.05, 4.69) is 11.4 Å². The molecular formula is C22H19F3N2O3. The van der Waals surface area contributed by atoms with E-state index in [1.165, 1.54) is 11.1 Å². The predicted molar refractivity (Wildman–Crippen MR) is 108 cm³/mol. The van der Waals surface area contributed by atoms with Crippen molar-refractivity contribution in [3.8, 4) is 11.5 Å². The summed E-state index contributed by atoms with van der Waals surface area (Å²) in [5.41, 5.74) is 2.47. The molecule has 30 heavy (non-hydrogen) atoms. The minimum Gasteiger partial charge on any atom is -0.450 e. The zero-order valence-corrected chi connectivity index (χ0v) is 16.3. The van der Waals surface area contributed by atoms with Crippen LogP contribution in [0.2, 0.25) is 0 Å². The van der Waals surface area contributed by atoms with Gasteiger partial charge in [-0.3, -0.25) is 10.1 Å². The Bertz CT molecular complexity index is 1060. The van der Waals surface area contributed by atoms with Crippen molar-refractivity contribution >= 4 is 11.4 Å². The molecule has 3 rings (SSSR count). The summed E-state index contributed by atoms with van der Waals surface area (Å²) in [5.74, 6) is 0.0294. The van der Waals surface area contributed by atoms with Crippen molar-refractivity contribution in [2.45, 2.75) is 26.6 Å². The standard InChI is InChI=1S/C22H19F3N2O3/c1-14-3-7-18(11-15(14)2)26-13-16-4-8-19(9-5-16)30-21-10-6-17(22(23,24)25)12-20(21)27(28)29/h3-12,26H,13H2,1-2H3. The molecule has 0 aromatic heterocycles. The highest BCUT2D eigenvalue weighted by atomic mass is 19.4. The number of alkyl halides is 3. The molecule has 0 amide bonds. The third kappa shape index (κ3) is 5.08. The molecule has 0 heterocycles. The average molecular weight is 416 g/mol. The predicted octanol–water partition coefficient (Wildman–Crippen LogP) is 6.63. The highest BCUT2D eigenvalue weighted by Gasteiger charge is 2.33. The molecule has 5 nitrogen and oxygen atoms in total. The second-order valence-electron chi connectivity index (χ2n) is 6.84. The van der Waals surface area contributed by atoms with Crippen LogP contribution in [-0.2, 0) is 12.7 Å². The number of hydrogen-bond donors (Lipinski definition) is 1. The van der Waals surface area contributed by atoms with Crippen LogP contribution in [0.4, 0.5) is 24.5 Å². The number of aryl methyl sites for hydroxylation is 2. The topological polar surface area (TPSA) is 64.4 Å². The largest absolute Gasteiger partial charge is 0.450 e. The Morgan fingerprint density at radius 3 is 2.27 bits per heavy atom. The molecule has 0 saturated carbocycles. The van der Waals surface area contributed by atoms with Crippen molar-refractivity contribution in [3.05, 3.63) is 93.0 Å². The Morgan fingerprint density at radius 1 is 0.967 bits per heavy atom. The lowest BCUT2D eigenvalue weighted by molar-refractivity contribution is -0.385. The van der Waals surface area contributed by atoms with Gasteiger partial charge in [-0.15, -0.1) is 0 Å². The Hall–Kier alpha value is -3.55. The molecule has 0 atom stereocenters. The number of nitrogens with one attached hydrogen (secondary N) is 1. The van der Waals surface area contributed by atoms with E-state index >= 15 is 0 Å². The van der Waals surface area contributed by atoms with Gasteiger partial charge in [0.2, 0.25) is 5.75 Å². The molecule has 0 fully saturated rings. The number of nitro groups is 1. The molecule has 156 valence electrons. The van der Waals surface area contributed by atoms with Gasteiger partial charge in [0.15, 0.2) is 0 Å². The number of hydrogen-bond acceptors (Lipinski definition) is 4. The third-order valence-electron chi connectivity index (χ3n) is 4.64. The number of nitrogens with zero attached hydrogens (tertiary/aromatic N) is 1. The smallest absolute Gasteiger partial charge is 0.416 e. The minimum absolute atomic E-state index is 0.256. The average Bonchev–Trinajstić information content (AvgIpc) is 2.69. The molecule has 0 aliphatic carbocycles. The molecule has 0 unspecified atom stereocenters. The molecule has 3 aromatic carbocycles. The highest BCUT2D eigenvalue weighted by Crippen LogP contribution is 2.37. The van der Waals surface area contributed by atoms with Crippen molar-refractivity contribution < 1.29 is 22.8 Å². The van der Waals surface area contributed by atoms with E-state index < -0.39 is 22.4 Å². The van der Waals surface area contributed by atoms with Crippen LogP contribution < -0.4 is 10.1 Å². The zero-order valence-electron chi connectivity index (χ0n) is 16.3. The van der Waals surface area contributed by atoms with E-state index in [-0.39, 0.29) is 11.5 Å². The molecule has 0 aliphatic rings. The van der Waals surface area contributed by atoms with E-state index in [4.69, 9.17) is 4.74 Å². The molecule has 0 saturated heterocycles. The summed E-state index contributed by atoms with van der Waals surface area (Å²) in [6.07, 6.45) is -4.67. The number of ether oxygens (including phenoxy) is 1. The first kappa shape index (κ1) is 21.2. The maximum Gasteiger partial charge on any atom is 0.416 e. The van der Waals surface area contributed by atoms with Crippen LogP contribution in [0.5, 0.6) is 11.5 Å². The number of rotatable bonds is 6. The highest BCUT2D eigenvalue weighted by molar-refractivity contribution is 5.52. The molecule has 8 heteroatoms. The van der Waals surface area contributed by atoms with Gasteiger partial charge in [-0.25, -0.2) is 0 Å². The van der Waals surface area contributed by atoms with Gasteiger partial charge in [0.25, 0.3) is 0 Å². The molecule has 1 N–H and O–H groups in total. The molecular weight excluding hydrogens is 397 g/mol. The lowest BCUT2D eigenvalue weighted by Gasteiger charge is -2.11. The van der Waals surface area contributed by atoms with E-state index in [0.717, 1.165) is 23.4 Å². The summed E-state index contributed by atoms with van der Waals surface area (Å²) in [7, 11) is 0. The first-order valence-corrected chi connectivity index (χ1v) is 9.07. The maximum atomic E-state index is 12.8. The van der Waals surface area contributed by atoms with E-state index in [0.29, 0.717) is 12.6 Å². The summed E-state index contributed by atoms with van der Waals surface area (Å²) >= 11 is 0. The Balaban J connectivity index is 1.71. The van der Waals surface area contributed by atoms with Crippen molar-refractivity contribution in [2.24, 2.45) is 0 Å². The monoisotopic (exact) mass is 416 g/mol. The van der Waals surface area contributed by atoms with Crippen LogP contribution >= 0.6 is 0 Å². The van der Waals surface area contributed by atoms with E-state index in [1.54, 1.807) is 24.3 Å². The fourth-order valence-corrected chi connectivity index (χ4v) is 2.78. The Labute approximate surface area is 171 Å². The summed E-state index contributed by atoms with van der Waals surface area (Å²) in [6.45, 7) is 4.63. The van der Waals surface area contributed by atoms with Gasteiger partial charge >= 0.3 is 11.9 Å². The summed E-state index contributed by atoms with van der Waals surface area (Å²) in [5, 5.41) is 14.5. The summed E-state index contributed by atoms with van der Waals surface area (Å²) < 4.78 is 43.9. The second kappa shape index (κ2) is 8.44. The quantitative estimate of drug-likeness (QED) is 0.362. The molecule has 0 aliphatic heterocycles. The molecule has 0 bridgehead atoms. The zero-order chi connectivity index (χ0) is 21.9. The van der Waals surface area contributed by atoms with Gasteiger partial charge in [0.05, 0.1) is 10.5 Å². The first-order chi connectivity index (χ1) is 14.1. The van der Waals surface area contributed by atoms with Crippen LogP contribution in [0.15, 0.2) is 60.7 Å². The van der Waals surface area contributed by atoms with Crippen LogP contribution in [0.1, 0.15) is 22.3 Å². The second-order valence-corrected chi connectivity index (χ2v) is 6.84. The van der Waals surface area contributed by atoms with Gasteiger partial charge in [-0.05, 0) is 66.9 Å². The number of anilines is 1. The molecule has 3 aromatic rings. The fraction of sp³-hybridized carbons (Fsp3) is 0.182. The normalized spacial score (nSPS) is 11.2. The SMILES string of the molecule is Cc1ccc(NCc2ccc(Oc3ccc(C(F)(F)F)cc3[N+](=O)[O-])cc2)cc1C.